The highest BCUT2D eigenvalue weighted by Gasteiger charge is 2.38. The van der Waals surface area contributed by atoms with E-state index in [4.69, 9.17) is 32.7 Å². The second kappa shape index (κ2) is 10.2. The molecule has 6 rings (SSSR count). The van der Waals surface area contributed by atoms with Crippen LogP contribution in [0.1, 0.15) is 55.0 Å². The van der Waals surface area contributed by atoms with Gasteiger partial charge in [-0.3, -0.25) is 4.79 Å². The molecule has 4 heterocycles. The van der Waals surface area contributed by atoms with Gasteiger partial charge in [0.2, 0.25) is 15.9 Å². The van der Waals surface area contributed by atoms with Crippen molar-refractivity contribution in [2.45, 2.75) is 51.6 Å². The summed E-state index contributed by atoms with van der Waals surface area (Å²) in [4.78, 5) is 20.3. The summed E-state index contributed by atoms with van der Waals surface area (Å²) in [5.41, 5.74) is 4.95. The van der Waals surface area contributed by atoms with Crippen LogP contribution in [0.25, 0.3) is 22.2 Å². The maximum Gasteiger partial charge on any atom is 0.227 e. The number of imidazole rings is 1. The third kappa shape index (κ3) is 4.70. The maximum atomic E-state index is 13.4. The van der Waals surface area contributed by atoms with Crippen molar-refractivity contribution in [2.75, 3.05) is 24.2 Å². The van der Waals surface area contributed by atoms with Gasteiger partial charge in [-0.1, -0.05) is 34.4 Å². The zero-order valence-corrected chi connectivity index (χ0v) is 24.7. The topological polar surface area (TPSA) is 102 Å². The second-order valence-electron chi connectivity index (χ2n) is 10.6. The molecule has 2 fully saturated rings. The highest BCUT2D eigenvalue weighted by molar-refractivity contribution is 7.88. The van der Waals surface area contributed by atoms with E-state index in [1.807, 2.05) is 32.0 Å². The van der Waals surface area contributed by atoms with Crippen LogP contribution in [0.15, 0.2) is 40.9 Å². The highest BCUT2D eigenvalue weighted by Crippen LogP contribution is 2.41. The van der Waals surface area contributed by atoms with E-state index in [1.54, 1.807) is 23.1 Å². The number of halogens is 2. The minimum absolute atomic E-state index is 0.0196. The monoisotopic (exact) mass is 601 g/mol. The van der Waals surface area contributed by atoms with Gasteiger partial charge in [0.05, 0.1) is 45.1 Å². The molecule has 2 aromatic carbocycles. The number of hydrogen-bond donors (Lipinski definition) is 0. The van der Waals surface area contributed by atoms with Gasteiger partial charge in [-0.2, -0.15) is 0 Å². The van der Waals surface area contributed by atoms with Crippen molar-refractivity contribution in [2.24, 2.45) is 0 Å². The molecule has 2 aliphatic heterocycles. The smallest absolute Gasteiger partial charge is 0.227 e. The van der Waals surface area contributed by atoms with Crippen LogP contribution in [-0.4, -0.2) is 52.7 Å². The average Bonchev–Trinajstić information content (AvgIpc) is 3.62. The van der Waals surface area contributed by atoms with Crippen molar-refractivity contribution in [1.29, 1.82) is 0 Å². The van der Waals surface area contributed by atoms with Gasteiger partial charge in [0, 0.05) is 30.8 Å². The zero-order chi connectivity index (χ0) is 28.3. The molecule has 40 heavy (non-hydrogen) atoms. The average molecular weight is 603 g/mol. The Bertz CT molecular complexity index is 1730. The Hall–Kier alpha value is -2.92. The second-order valence-corrected chi connectivity index (χ2v) is 13.4. The van der Waals surface area contributed by atoms with Gasteiger partial charge in [0.15, 0.2) is 0 Å². The molecule has 0 saturated carbocycles. The number of benzene rings is 2. The van der Waals surface area contributed by atoms with Gasteiger partial charge < -0.3 is 14.0 Å². The Morgan fingerprint density at radius 2 is 1.85 bits per heavy atom. The summed E-state index contributed by atoms with van der Waals surface area (Å²) in [6.07, 6.45) is 3.72. The number of sulfonamides is 1. The summed E-state index contributed by atoms with van der Waals surface area (Å²) in [5, 5.41) is 4.88. The lowest BCUT2D eigenvalue weighted by molar-refractivity contribution is -0.120. The lowest BCUT2D eigenvalue weighted by Gasteiger charge is -2.36. The van der Waals surface area contributed by atoms with E-state index >= 15 is 0 Å². The summed E-state index contributed by atoms with van der Waals surface area (Å²) in [7, 11) is -3.34. The molecule has 12 heteroatoms. The fourth-order valence-electron chi connectivity index (χ4n) is 6.08. The van der Waals surface area contributed by atoms with Crippen LogP contribution >= 0.6 is 23.2 Å². The van der Waals surface area contributed by atoms with E-state index in [0.29, 0.717) is 48.1 Å². The molecule has 0 radical (unpaired) electrons. The largest absolute Gasteiger partial charge is 0.361 e. The van der Waals surface area contributed by atoms with Gasteiger partial charge in [0.25, 0.3) is 0 Å². The van der Waals surface area contributed by atoms with Crippen LogP contribution in [0.3, 0.4) is 0 Å². The summed E-state index contributed by atoms with van der Waals surface area (Å²) >= 11 is 12.5. The predicted octanol–water partition coefficient (Wildman–Crippen LogP) is 6.08. The molecule has 2 aliphatic rings. The van der Waals surface area contributed by atoms with Crippen LogP contribution in [0.4, 0.5) is 5.69 Å². The van der Waals surface area contributed by atoms with Crippen LogP contribution in [0, 0.1) is 13.8 Å². The van der Waals surface area contributed by atoms with E-state index < -0.39 is 10.0 Å². The van der Waals surface area contributed by atoms with Gasteiger partial charge in [-0.25, -0.2) is 17.7 Å². The van der Waals surface area contributed by atoms with Crippen molar-refractivity contribution in [3.8, 4) is 11.1 Å². The molecule has 2 saturated heterocycles. The number of hydrogen-bond acceptors (Lipinski definition) is 6. The molecule has 0 aliphatic carbocycles. The number of piperidine rings is 1. The molecule has 0 N–H and O–H groups in total. The van der Waals surface area contributed by atoms with Crippen LogP contribution < -0.4 is 4.90 Å². The number of carbonyl (C=O) groups excluding carboxylic acids is 1. The first kappa shape index (κ1) is 27.3. The number of nitrogens with zero attached hydrogens (tertiary/aromatic N) is 5. The van der Waals surface area contributed by atoms with E-state index in [2.05, 4.69) is 9.72 Å². The van der Waals surface area contributed by atoms with Crippen molar-refractivity contribution in [1.82, 2.24) is 19.0 Å². The standard InChI is InChI=1S/C28H29Cl2N5O4S/c1-16-27(17(2)39-32-16)18-7-10-24-23(13-18)31-28(35(24)20-11-12-33(15-20)40(3,37)38)25-5-4-6-26(36)34(25)19-8-9-21(29)22(30)14-19/h7-10,13-14,20,25H,4-6,11-12,15H2,1-3H3. The molecular formula is C28H29Cl2N5O4S. The molecule has 4 aromatic rings. The Kier molecular flexibility index (Phi) is 6.93. The van der Waals surface area contributed by atoms with Gasteiger partial charge in [-0.15, -0.1) is 0 Å². The Balaban J connectivity index is 1.52. The van der Waals surface area contributed by atoms with Crippen LogP contribution in [0.2, 0.25) is 10.0 Å². The minimum atomic E-state index is -3.34. The SMILES string of the molecule is Cc1noc(C)c1-c1ccc2c(c1)nc(C1CCCC(=O)N1c1ccc(Cl)c(Cl)c1)n2C1CCN(S(C)(=O)=O)C1. The fraction of sp³-hybridized carbons (Fsp3) is 0.393. The summed E-state index contributed by atoms with van der Waals surface area (Å²) in [5.74, 6) is 1.43. The lowest BCUT2D eigenvalue weighted by Crippen LogP contribution is -2.40. The molecule has 0 spiro atoms. The number of aromatic nitrogens is 3. The number of fused-ring (bicyclic) bond motifs is 1. The molecule has 1 amide bonds. The van der Waals surface area contributed by atoms with Gasteiger partial charge >= 0.3 is 0 Å². The molecule has 9 nitrogen and oxygen atoms in total. The zero-order valence-electron chi connectivity index (χ0n) is 22.4. The quantitative estimate of drug-likeness (QED) is 0.275. The maximum absolute atomic E-state index is 13.4. The first-order valence-corrected chi connectivity index (χ1v) is 15.8. The predicted molar refractivity (Wildman–Crippen MR) is 155 cm³/mol. The number of aryl methyl sites for hydroxylation is 2. The summed E-state index contributed by atoms with van der Waals surface area (Å²) in [6.45, 7) is 4.56. The molecule has 2 aromatic heterocycles. The minimum Gasteiger partial charge on any atom is -0.361 e. The van der Waals surface area contributed by atoms with E-state index in [1.165, 1.54) is 10.6 Å². The Labute approximate surface area is 242 Å². The molecule has 2 unspecified atom stereocenters. The third-order valence-corrected chi connectivity index (χ3v) is 9.94. The summed E-state index contributed by atoms with van der Waals surface area (Å²) in [6, 6.07) is 10.8. The van der Waals surface area contributed by atoms with Gasteiger partial charge in [0.1, 0.15) is 11.6 Å². The molecular weight excluding hydrogens is 573 g/mol. The Morgan fingerprint density at radius 1 is 1.05 bits per heavy atom. The van der Waals surface area contributed by atoms with E-state index in [-0.39, 0.29) is 18.0 Å². The van der Waals surface area contributed by atoms with Crippen molar-refractivity contribution in [3.05, 3.63) is 63.7 Å². The van der Waals surface area contributed by atoms with Crippen LogP contribution in [0.5, 0.6) is 0 Å². The fourth-order valence-corrected chi connectivity index (χ4v) is 7.26. The lowest BCUT2D eigenvalue weighted by atomic mass is 9.99. The first-order chi connectivity index (χ1) is 19.0. The molecule has 210 valence electrons. The highest BCUT2D eigenvalue weighted by atomic mass is 35.5. The third-order valence-electron chi connectivity index (χ3n) is 7.93. The number of amides is 1. The van der Waals surface area contributed by atoms with Crippen molar-refractivity contribution >= 4 is 55.9 Å². The van der Waals surface area contributed by atoms with E-state index in [9.17, 15) is 13.2 Å². The number of carbonyl (C=O) groups is 1. The van der Waals surface area contributed by atoms with Crippen molar-refractivity contribution < 1.29 is 17.7 Å². The molecule has 0 bridgehead atoms. The van der Waals surface area contributed by atoms with E-state index in [0.717, 1.165) is 45.9 Å². The normalized spacial score (nSPS) is 20.6. The Morgan fingerprint density at radius 3 is 2.52 bits per heavy atom. The van der Waals surface area contributed by atoms with Gasteiger partial charge in [-0.05, 0) is 69.0 Å². The van der Waals surface area contributed by atoms with Crippen molar-refractivity contribution in [3.63, 3.8) is 0 Å². The van der Waals surface area contributed by atoms with Crippen LogP contribution in [-0.2, 0) is 14.8 Å². The number of anilines is 1. The molecule has 2 atom stereocenters. The first-order valence-electron chi connectivity index (χ1n) is 13.2. The summed E-state index contributed by atoms with van der Waals surface area (Å²) < 4.78 is 33.8. The number of rotatable bonds is 5.